The molecule has 1 saturated heterocycles. The van der Waals surface area contributed by atoms with Crippen molar-refractivity contribution in [1.29, 1.82) is 0 Å². The molecule has 6 nitrogen and oxygen atoms in total. The summed E-state index contributed by atoms with van der Waals surface area (Å²) >= 11 is 5.91. The molecule has 1 fully saturated rings. The molecular formula is C24H25ClN2O4. The van der Waals surface area contributed by atoms with Crippen LogP contribution >= 0.6 is 11.6 Å². The van der Waals surface area contributed by atoms with Gasteiger partial charge in [0.25, 0.3) is 0 Å². The molecule has 1 unspecified atom stereocenters. The Labute approximate surface area is 186 Å². The maximum absolute atomic E-state index is 12.2. The first-order chi connectivity index (χ1) is 15.2. The van der Waals surface area contributed by atoms with Crippen LogP contribution in [0.4, 0.5) is 0 Å². The van der Waals surface area contributed by atoms with E-state index < -0.39 is 0 Å². The SMILES string of the molecule is O=C(CCc1ncc(-c2ccc(Cl)cc2)o1)NCc1ccc(OCC2CCCO2)cc1. The lowest BCUT2D eigenvalue weighted by Crippen LogP contribution is -2.23. The van der Waals surface area contributed by atoms with Gasteiger partial charge in [-0.15, -0.1) is 0 Å². The average Bonchev–Trinajstić information content (AvgIpc) is 3.48. The van der Waals surface area contributed by atoms with Gasteiger partial charge in [-0.1, -0.05) is 23.7 Å². The second kappa shape index (κ2) is 10.5. The van der Waals surface area contributed by atoms with Gasteiger partial charge in [-0.3, -0.25) is 4.79 Å². The summed E-state index contributed by atoms with van der Waals surface area (Å²) in [5.74, 6) is 1.96. The lowest BCUT2D eigenvalue weighted by molar-refractivity contribution is -0.121. The lowest BCUT2D eigenvalue weighted by atomic mass is 10.2. The minimum atomic E-state index is -0.0510. The van der Waals surface area contributed by atoms with Gasteiger partial charge in [0, 0.05) is 36.6 Å². The van der Waals surface area contributed by atoms with Gasteiger partial charge in [0.05, 0.1) is 12.3 Å². The third-order valence-electron chi connectivity index (χ3n) is 5.12. The summed E-state index contributed by atoms with van der Waals surface area (Å²) in [4.78, 5) is 16.4. The van der Waals surface area contributed by atoms with E-state index in [0.717, 1.165) is 36.3 Å². The maximum Gasteiger partial charge on any atom is 0.220 e. The number of oxazole rings is 1. The molecule has 0 radical (unpaired) electrons. The van der Waals surface area contributed by atoms with Gasteiger partial charge in [0.1, 0.15) is 12.4 Å². The van der Waals surface area contributed by atoms with Gasteiger partial charge in [-0.25, -0.2) is 4.98 Å². The predicted molar refractivity (Wildman–Crippen MR) is 118 cm³/mol. The lowest BCUT2D eigenvalue weighted by Gasteiger charge is -2.12. The Balaban J connectivity index is 1.18. The zero-order valence-electron chi connectivity index (χ0n) is 17.2. The van der Waals surface area contributed by atoms with E-state index in [1.54, 1.807) is 18.3 Å². The Hall–Kier alpha value is -2.83. The molecule has 0 bridgehead atoms. The van der Waals surface area contributed by atoms with E-state index in [0.29, 0.717) is 42.7 Å². The van der Waals surface area contributed by atoms with Crippen LogP contribution in [0.25, 0.3) is 11.3 Å². The topological polar surface area (TPSA) is 73.6 Å². The minimum Gasteiger partial charge on any atom is -0.491 e. The highest BCUT2D eigenvalue weighted by Crippen LogP contribution is 2.22. The van der Waals surface area contributed by atoms with Gasteiger partial charge in [-0.05, 0) is 54.8 Å². The van der Waals surface area contributed by atoms with Crippen molar-refractivity contribution in [2.24, 2.45) is 0 Å². The third-order valence-corrected chi connectivity index (χ3v) is 5.37. The van der Waals surface area contributed by atoms with E-state index in [9.17, 15) is 4.79 Å². The second-order valence-corrected chi connectivity index (χ2v) is 7.93. The number of aromatic nitrogens is 1. The molecule has 0 spiro atoms. The summed E-state index contributed by atoms with van der Waals surface area (Å²) in [7, 11) is 0. The van der Waals surface area contributed by atoms with Crippen molar-refractivity contribution >= 4 is 17.5 Å². The number of ether oxygens (including phenoxy) is 2. The van der Waals surface area contributed by atoms with Gasteiger partial charge in [0.2, 0.25) is 5.91 Å². The number of hydrogen-bond acceptors (Lipinski definition) is 5. The van der Waals surface area contributed by atoms with Crippen LogP contribution in [-0.4, -0.2) is 30.2 Å². The fourth-order valence-electron chi connectivity index (χ4n) is 3.35. The van der Waals surface area contributed by atoms with Crippen molar-refractivity contribution in [3.05, 3.63) is 71.2 Å². The summed E-state index contributed by atoms with van der Waals surface area (Å²) in [6.07, 6.45) is 4.77. The Morgan fingerprint density at radius 3 is 2.71 bits per heavy atom. The van der Waals surface area contributed by atoms with Crippen LogP contribution in [0.2, 0.25) is 5.02 Å². The van der Waals surface area contributed by atoms with Crippen LogP contribution in [0.1, 0.15) is 30.7 Å². The van der Waals surface area contributed by atoms with Crippen LogP contribution in [0.5, 0.6) is 5.75 Å². The highest BCUT2D eigenvalue weighted by Gasteiger charge is 2.16. The third kappa shape index (κ3) is 6.32. The molecule has 2 heterocycles. The molecule has 1 N–H and O–H groups in total. The summed E-state index contributed by atoms with van der Waals surface area (Å²) < 4.78 is 17.1. The molecule has 4 rings (SSSR count). The van der Waals surface area contributed by atoms with Crippen LogP contribution in [0.3, 0.4) is 0 Å². The molecule has 3 aromatic rings. The van der Waals surface area contributed by atoms with Crippen LogP contribution in [0, 0.1) is 0 Å². The van der Waals surface area contributed by atoms with E-state index in [-0.39, 0.29) is 12.0 Å². The minimum absolute atomic E-state index is 0.0510. The number of carbonyl (C=O) groups is 1. The zero-order valence-corrected chi connectivity index (χ0v) is 17.9. The molecule has 0 saturated carbocycles. The smallest absolute Gasteiger partial charge is 0.220 e. The summed E-state index contributed by atoms with van der Waals surface area (Å²) in [5, 5.41) is 3.59. The average molecular weight is 441 g/mol. The fourth-order valence-corrected chi connectivity index (χ4v) is 3.48. The van der Waals surface area contributed by atoms with Crippen molar-refractivity contribution in [2.75, 3.05) is 13.2 Å². The van der Waals surface area contributed by atoms with Crippen LogP contribution < -0.4 is 10.1 Å². The quantitative estimate of drug-likeness (QED) is 0.517. The number of rotatable bonds is 9. The first-order valence-electron chi connectivity index (χ1n) is 10.5. The fraction of sp³-hybridized carbons (Fsp3) is 0.333. The van der Waals surface area contributed by atoms with Crippen LogP contribution in [-0.2, 0) is 22.5 Å². The summed E-state index contributed by atoms with van der Waals surface area (Å²) in [5.41, 5.74) is 1.91. The standard InChI is InChI=1S/C24H25ClN2O4/c25-19-7-5-18(6-8-19)22-15-27-24(31-22)12-11-23(28)26-14-17-3-9-20(10-4-17)30-16-21-2-1-13-29-21/h3-10,15,21H,1-2,11-14,16H2,(H,26,28). The van der Waals surface area contributed by atoms with E-state index in [1.807, 2.05) is 36.4 Å². The van der Waals surface area contributed by atoms with Crippen molar-refractivity contribution in [1.82, 2.24) is 10.3 Å². The largest absolute Gasteiger partial charge is 0.491 e. The summed E-state index contributed by atoms with van der Waals surface area (Å²) in [6.45, 7) is 1.87. The number of hydrogen-bond donors (Lipinski definition) is 1. The van der Waals surface area contributed by atoms with Crippen LogP contribution in [0.15, 0.2) is 59.1 Å². The highest BCUT2D eigenvalue weighted by atomic mass is 35.5. The number of benzene rings is 2. The monoisotopic (exact) mass is 440 g/mol. The molecule has 162 valence electrons. The van der Waals surface area contributed by atoms with Crippen molar-refractivity contribution < 1.29 is 18.7 Å². The number of nitrogens with zero attached hydrogens (tertiary/aromatic N) is 1. The number of nitrogens with one attached hydrogen (secondary N) is 1. The molecular weight excluding hydrogens is 416 g/mol. The van der Waals surface area contributed by atoms with Gasteiger partial charge in [-0.2, -0.15) is 0 Å². The van der Waals surface area contributed by atoms with E-state index in [1.165, 1.54) is 0 Å². The Morgan fingerprint density at radius 2 is 1.97 bits per heavy atom. The Morgan fingerprint density at radius 1 is 1.16 bits per heavy atom. The number of halogens is 1. The molecule has 1 amide bonds. The van der Waals surface area contributed by atoms with Gasteiger partial charge < -0.3 is 19.2 Å². The molecule has 1 aliphatic heterocycles. The van der Waals surface area contributed by atoms with E-state index in [4.69, 9.17) is 25.5 Å². The van der Waals surface area contributed by atoms with Crippen molar-refractivity contribution in [2.45, 2.75) is 38.3 Å². The normalized spacial score (nSPS) is 15.7. The first-order valence-corrected chi connectivity index (χ1v) is 10.8. The number of aryl methyl sites for hydroxylation is 1. The zero-order chi connectivity index (χ0) is 21.5. The molecule has 2 aromatic carbocycles. The number of amides is 1. The molecule has 1 aromatic heterocycles. The number of carbonyl (C=O) groups excluding carboxylic acids is 1. The molecule has 1 atom stereocenters. The van der Waals surface area contributed by atoms with Crippen molar-refractivity contribution in [3.8, 4) is 17.1 Å². The van der Waals surface area contributed by atoms with Crippen molar-refractivity contribution in [3.63, 3.8) is 0 Å². The first kappa shape index (κ1) is 21.4. The Bertz CT molecular complexity index is 980. The maximum atomic E-state index is 12.2. The molecule has 31 heavy (non-hydrogen) atoms. The Kier molecular flexibility index (Phi) is 7.22. The molecule has 0 aliphatic carbocycles. The molecule has 1 aliphatic rings. The van der Waals surface area contributed by atoms with E-state index in [2.05, 4.69) is 10.3 Å². The predicted octanol–water partition coefficient (Wildman–Crippen LogP) is 4.80. The second-order valence-electron chi connectivity index (χ2n) is 7.49. The van der Waals surface area contributed by atoms with E-state index >= 15 is 0 Å². The van der Waals surface area contributed by atoms with Gasteiger partial charge >= 0.3 is 0 Å². The summed E-state index contributed by atoms with van der Waals surface area (Å²) in [6, 6.07) is 15.1. The highest BCUT2D eigenvalue weighted by molar-refractivity contribution is 6.30. The van der Waals surface area contributed by atoms with Gasteiger partial charge in [0.15, 0.2) is 11.7 Å². The molecule has 7 heteroatoms.